The zero-order chi connectivity index (χ0) is 12.1. The highest BCUT2D eigenvalue weighted by Crippen LogP contribution is 2.16. The fourth-order valence-electron chi connectivity index (χ4n) is 1.97. The maximum Gasteiger partial charge on any atom is 0.0994 e. The van der Waals surface area contributed by atoms with Crippen LogP contribution in [0.3, 0.4) is 0 Å². The van der Waals surface area contributed by atoms with Crippen LogP contribution in [0.15, 0.2) is 24.3 Å². The molecule has 1 aromatic carbocycles. The van der Waals surface area contributed by atoms with Gasteiger partial charge in [-0.15, -0.1) is 0 Å². The highest BCUT2D eigenvalue weighted by atomic mass is 32.2. The Morgan fingerprint density at radius 2 is 2.29 bits per heavy atom. The van der Waals surface area contributed by atoms with E-state index in [-0.39, 0.29) is 6.10 Å². The van der Waals surface area contributed by atoms with Crippen LogP contribution < -0.4 is 0 Å². The molecule has 0 bridgehead atoms. The summed E-state index contributed by atoms with van der Waals surface area (Å²) in [5.74, 6) is 1.03. The second-order valence-corrected chi connectivity index (χ2v) is 5.66. The van der Waals surface area contributed by atoms with Crippen molar-refractivity contribution in [1.29, 1.82) is 5.26 Å². The van der Waals surface area contributed by atoms with Crippen LogP contribution in [-0.2, 0) is 21.3 Å². The van der Waals surface area contributed by atoms with Gasteiger partial charge in [0, 0.05) is 23.2 Å². The van der Waals surface area contributed by atoms with E-state index >= 15 is 0 Å². The van der Waals surface area contributed by atoms with Crippen molar-refractivity contribution in [3.63, 3.8) is 0 Å². The predicted molar refractivity (Wildman–Crippen MR) is 66.8 cm³/mol. The zero-order valence-corrected chi connectivity index (χ0v) is 10.4. The van der Waals surface area contributed by atoms with Crippen LogP contribution in [0.5, 0.6) is 0 Å². The van der Waals surface area contributed by atoms with Crippen molar-refractivity contribution in [1.82, 2.24) is 0 Å². The Kier molecular flexibility index (Phi) is 4.29. The van der Waals surface area contributed by atoms with E-state index in [1.54, 1.807) is 6.07 Å². The summed E-state index contributed by atoms with van der Waals surface area (Å²) in [6.07, 6.45) is 2.22. The van der Waals surface area contributed by atoms with Crippen LogP contribution in [-0.4, -0.2) is 22.7 Å². The lowest BCUT2D eigenvalue weighted by Crippen LogP contribution is -2.16. The molecule has 0 radical (unpaired) electrons. The molecule has 1 aliphatic heterocycles. The number of rotatable bonds is 4. The molecule has 1 aliphatic rings. The summed E-state index contributed by atoms with van der Waals surface area (Å²) in [6.45, 7) is 0.788. The Bertz CT molecular complexity index is 447. The van der Waals surface area contributed by atoms with Crippen molar-refractivity contribution in [2.24, 2.45) is 0 Å². The fourth-order valence-corrected chi connectivity index (χ4v) is 3.36. The highest BCUT2D eigenvalue weighted by molar-refractivity contribution is 7.84. The molecule has 3 nitrogen and oxygen atoms in total. The van der Waals surface area contributed by atoms with Gasteiger partial charge < -0.3 is 4.74 Å². The average molecular weight is 249 g/mol. The van der Waals surface area contributed by atoms with Crippen molar-refractivity contribution in [3.8, 4) is 6.07 Å². The van der Waals surface area contributed by atoms with E-state index in [4.69, 9.17) is 10.00 Å². The van der Waals surface area contributed by atoms with Gasteiger partial charge in [-0.25, -0.2) is 0 Å². The fraction of sp³-hybridized carbons (Fsp3) is 0.462. The minimum atomic E-state index is -0.949. The number of ether oxygens (including phenoxy) is 1. The van der Waals surface area contributed by atoms with Gasteiger partial charge in [0.1, 0.15) is 0 Å². The molecule has 0 aliphatic carbocycles. The quantitative estimate of drug-likeness (QED) is 0.820. The van der Waals surface area contributed by atoms with Crippen LogP contribution >= 0.6 is 0 Å². The van der Waals surface area contributed by atoms with Gasteiger partial charge in [0.2, 0.25) is 0 Å². The first-order chi connectivity index (χ1) is 8.29. The molecule has 4 heteroatoms. The summed E-state index contributed by atoms with van der Waals surface area (Å²) in [7, 11) is -0.949. The van der Waals surface area contributed by atoms with E-state index < -0.39 is 10.8 Å². The first-order valence-electron chi connectivity index (χ1n) is 5.74. The largest absolute Gasteiger partial charge is 0.377 e. The minimum Gasteiger partial charge on any atom is -0.377 e. The van der Waals surface area contributed by atoms with Crippen molar-refractivity contribution < 1.29 is 8.95 Å². The third kappa shape index (κ3) is 3.39. The molecule has 0 N–H and O–H groups in total. The third-order valence-electron chi connectivity index (χ3n) is 2.85. The topological polar surface area (TPSA) is 50.1 Å². The minimum absolute atomic E-state index is 0.144. The molecule has 17 heavy (non-hydrogen) atoms. The van der Waals surface area contributed by atoms with E-state index in [0.717, 1.165) is 25.0 Å². The van der Waals surface area contributed by atoms with Crippen LogP contribution in [0.1, 0.15) is 24.0 Å². The molecule has 1 heterocycles. The highest BCUT2D eigenvalue weighted by Gasteiger charge is 2.18. The van der Waals surface area contributed by atoms with E-state index in [0.29, 0.717) is 17.1 Å². The van der Waals surface area contributed by atoms with Crippen molar-refractivity contribution in [2.75, 3.05) is 12.4 Å². The van der Waals surface area contributed by atoms with E-state index in [1.807, 2.05) is 18.2 Å². The van der Waals surface area contributed by atoms with Crippen molar-refractivity contribution >= 4 is 10.8 Å². The summed E-state index contributed by atoms with van der Waals surface area (Å²) >= 11 is 0. The molecule has 0 amide bonds. The normalized spacial score (nSPS) is 21.0. The van der Waals surface area contributed by atoms with Crippen LogP contribution in [0.4, 0.5) is 0 Å². The van der Waals surface area contributed by atoms with Gasteiger partial charge in [-0.1, -0.05) is 18.2 Å². The number of hydrogen-bond acceptors (Lipinski definition) is 3. The molecule has 1 saturated heterocycles. The molecule has 1 fully saturated rings. The maximum absolute atomic E-state index is 12.0. The van der Waals surface area contributed by atoms with Gasteiger partial charge in [0.15, 0.2) is 0 Å². The standard InChI is InChI=1S/C13H15NO2S/c14-8-11-4-1-2-5-12(11)9-17(15)10-13-6-3-7-16-13/h1-2,4-5,13H,3,6-7,9-10H2. The first kappa shape index (κ1) is 12.3. The Labute approximate surface area is 104 Å². The lowest BCUT2D eigenvalue weighted by molar-refractivity contribution is 0.128. The molecule has 0 aromatic heterocycles. The van der Waals surface area contributed by atoms with Gasteiger partial charge in [-0.2, -0.15) is 5.26 Å². The van der Waals surface area contributed by atoms with Crippen LogP contribution in [0.25, 0.3) is 0 Å². The first-order valence-corrected chi connectivity index (χ1v) is 7.23. The number of hydrogen-bond donors (Lipinski definition) is 0. The Balaban J connectivity index is 1.95. The van der Waals surface area contributed by atoms with Gasteiger partial charge in [-0.3, -0.25) is 4.21 Å². The SMILES string of the molecule is N#Cc1ccccc1CS(=O)CC1CCCO1. The average Bonchev–Trinajstić information content (AvgIpc) is 2.82. The molecule has 2 rings (SSSR count). The Morgan fingerprint density at radius 3 is 3.00 bits per heavy atom. The molecule has 1 aromatic rings. The summed E-state index contributed by atoms with van der Waals surface area (Å²) in [6, 6.07) is 9.46. The lowest BCUT2D eigenvalue weighted by atomic mass is 10.1. The Hall–Kier alpha value is -1.18. The zero-order valence-electron chi connectivity index (χ0n) is 9.59. The van der Waals surface area contributed by atoms with Crippen molar-refractivity contribution in [2.45, 2.75) is 24.7 Å². The van der Waals surface area contributed by atoms with Crippen LogP contribution in [0.2, 0.25) is 0 Å². The summed E-state index contributed by atoms with van der Waals surface area (Å²) < 4.78 is 17.4. The summed E-state index contributed by atoms with van der Waals surface area (Å²) in [5.41, 5.74) is 1.49. The molecule has 0 saturated carbocycles. The molecular formula is C13H15NO2S. The number of nitriles is 1. The lowest BCUT2D eigenvalue weighted by Gasteiger charge is -2.09. The maximum atomic E-state index is 12.0. The Morgan fingerprint density at radius 1 is 1.47 bits per heavy atom. The molecule has 2 atom stereocenters. The molecule has 0 spiro atoms. The molecule has 2 unspecified atom stereocenters. The second kappa shape index (κ2) is 5.95. The van der Waals surface area contributed by atoms with Crippen LogP contribution in [0, 0.1) is 11.3 Å². The van der Waals surface area contributed by atoms with E-state index in [1.165, 1.54) is 0 Å². The molecular weight excluding hydrogens is 234 g/mol. The monoisotopic (exact) mass is 249 g/mol. The van der Waals surface area contributed by atoms with Gasteiger partial charge >= 0.3 is 0 Å². The summed E-state index contributed by atoms with van der Waals surface area (Å²) in [5, 5.41) is 8.94. The second-order valence-electron chi connectivity index (χ2n) is 4.15. The molecule has 90 valence electrons. The van der Waals surface area contributed by atoms with Gasteiger partial charge in [0.05, 0.1) is 23.5 Å². The summed E-state index contributed by atoms with van der Waals surface area (Å²) in [4.78, 5) is 0. The van der Waals surface area contributed by atoms with Crippen molar-refractivity contribution in [3.05, 3.63) is 35.4 Å². The predicted octanol–water partition coefficient (Wildman–Crippen LogP) is 1.99. The third-order valence-corrected chi connectivity index (χ3v) is 4.23. The van der Waals surface area contributed by atoms with E-state index in [2.05, 4.69) is 6.07 Å². The number of benzene rings is 1. The number of nitrogens with zero attached hydrogens (tertiary/aromatic N) is 1. The van der Waals surface area contributed by atoms with Gasteiger partial charge in [0.25, 0.3) is 0 Å². The van der Waals surface area contributed by atoms with E-state index in [9.17, 15) is 4.21 Å². The van der Waals surface area contributed by atoms with Gasteiger partial charge in [-0.05, 0) is 24.5 Å². The smallest absolute Gasteiger partial charge is 0.0994 e.